The Morgan fingerprint density at radius 2 is 2.25 bits per heavy atom. The highest BCUT2D eigenvalue weighted by Crippen LogP contribution is 2.15. The SMILES string of the molecule is [B]c1ccc(C(=O)OC)c(Br)c1. The molecule has 0 amide bonds. The Hall–Kier alpha value is -0.765. The number of halogens is 1. The quantitative estimate of drug-likeness (QED) is 0.526. The third-order valence-corrected chi connectivity index (χ3v) is 2.05. The average Bonchev–Trinajstić information content (AvgIpc) is 2.03. The molecule has 0 aliphatic heterocycles. The molecule has 0 saturated carbocycles. The molecule has 0 atom stereocenters. The molecule has 2 nitrogen and oxygen atoms in total. The van der Waals surface area contributed by atoms with E-state index in [9.17, 15) is 4.79 Å². The van der Waals surface area contributed by atoms with E-state index < -0.39 is 0 Å². The summed E-state index contributed by atoms with van der Waals surface area (Å²) in [7, 11) is 6.83. The molecule has 1 rings (SSSR count). The zero-order valence-corrected chi connectivity index (χ0v) is 8.09. The molecule has 0 saturated heterocycles. The van der Waals surface area contributed by atoms with Gasteiger partial charge < -0.3 is 4.74 Å². The zero-order chi connectivity index (χ0) is 9.14. The number of hydrogen-bond acceptors (Lipinski definition) is 2. The molecule has 0 aromatic heterocycles. The number of hydrogen-bond donors (Lipinski definition) is 0. The standard InChI is InChI=1S/C8H6BBrO2/c1-12-8(11)6-3-2-5(9)4-7(6)10/h2-4H,1H3. The van der Waals surface area contributed by atoms with Gasteiger partial charge in [0.05, 0.1) is 12.7 Å². The second-order valence-electron chi connectivity index (χ2n) is 2.23. The van der Waals surface area contributed by atoms with Gasteiger partial charge in [0, 0.05) is 4.47 Å². The molecule has 4 heteroatoms. The Bertz CT molecular complexity index is 312. The molecule has 0 bridgehead atoms. The number of methoxy groups -OCH3 is 1. The summed E-state index contributed by atoms with van der Waals surface area (Å²) in [6.45, 7) is 0. The second-order valence-corrected chi connectivity index (χ2v) is 3.09. The monoisotopic (exact) mass is 224 g/mol. The first-order chi connectivity index (χ1) is 5.65. The smallest absolute Gasteiger partial charge is 0.338 e. The van der Waals surface area contributed by atoms with Crippen LogP contribution in [0.1, 0.15) is 10.4 Å². The zero-order valence-electron chi connectivity index (χ0n) is 6.50. The summed E-state index contributed by atoms with van der Waals surface area (Å²) in [4.78, 5) is 11.1. The molecule has 0 unspecified atom stereocenters. The van der Waals surface area contributed by atoms with Crippen LogP contribution >= 0.6 is 15.9 Å². The molecule has 1 aromatic carbocycles. The van der Waals surface area contributed by atoms with Gasteiger partial charge in [-0.1, -0.05) is 17.6 Å². The van der Waals surface area contributed by atoms with E-state index in [1.165, 1.54) is 7.11 Å². The minimum Gasteiger partial charge on any atom is -0.465 e. The Morgan fingerprint density at radius 1 is 1.58 bits per heavy atom. The largest absolute Gasteiger partial charge is 0.465 e. The van der Waals surface area contributed by atoms with Gasteiger partial charge in [0.25, 0.3) is 0 Å². The first kappa shape index (κ1) is 9.32. The van der Waals surface area contributed by atoms with Crippen molar-refractivity contribution in [2.75, 3.05) is 7.11 Å². The van der Waals surface area contributed by atoms with E-state index in [1.54, 1.807) is 18.2 Å². The molecular weight excluding hydrogens is 219 g/mol. The average molecular weight is 225 g/mol. The molecule has 1 aromatic rings. The van der Waals surface area contributed by atoms with Crippen molar-refractivity contribution in [2.45, 2.75) is 0 Å². The molecule has 0 fully saturated rings. The van der Waals surface area contributed by atoms with Gasteiger partial charge in [-0.05, 0) is 22.0 Å². The molecule has 0 spiro atoms. The maximum Gasteiger partial charge on any atom is 0.338 e. The fourth-order valence-electron chi connectivity index (χ4n) is 0.807. The lowest BCUT2D eigenvalue weighted by molar-refractivity contribution is 0.0600. The number of esters is 1. The summed E-state index contributed by atoms with van der Waals surface area (Å²) >= 11 is 3.21. The van der Waals surface area contributed by atoms with Gasteiger partial charge in [0.1, 0.15) is 7.85 Å². The van der Waals surface area contributed by atoms with E-state index in [0.717, 1.165) is 0 Å². The normalized spacial score (nSPS) is 9.50. The van der Waals surface area contributed by atoms with Gasteiger partial charge >= 0.3 is 5.97 Å². The van der Waals surface area contributed by atoms with Crippen molar-refractivity contribution >= 4 is 35.2 Å². The van der Waals surface area contributed by atoms with Crippen LogP contribution in [0.2, 0.25) is 0 Å². The topological polar surface area (TPSA) is 26.3 Å². The van der Waals surface area contributed by atoms with Crippen LogP contribution in [0.3, 0.4) is 0 Å². The molecule has 0 aliphatic carbocycles. The Labute approximate surface area is 80.5 Å². The number of benzene rings is 1. The summed E-state index contributed by atoms with van der Waals surface area (Å²) in [5.74, 6) is -0.373. The fraction of sp³-hybridized carbons (Fsp3) is 0.125. The van der Waals surface area contributed by atoms with E-state index in [0.29, 0.717) is 15.5 Å². The van der Waals surface area contributed by atoms with Crippen molar-refractivity contribution < 1.29 is 9.53 Å². The van der Waals surface area contributed by atoms with Crippen LogP contribution in [-0.4, -0.2) is 20.9 Å². The Balaban J connectivity index is 3.09. The van der Waals surface area contributed by atoms with Gasteiger partial charge in [0.15, 0.2) is 0 Å². The fourth-order valence-corrected chi connectivity index (χ4v) is 1.37. The highest BCUT2D eigenvalue weighted by atomic mass is 79.9. The van der Waals surface area contributed by atoms with E-state index in [4.69, 9.17) is 7.85 Å². The Kier molecular flexibility index (Phi) is 2.92. The van der Waals surface area contributed by atoms with Gasteiger partial charge in [-0.15, -0.1) is 0 Å². The molecule has 12 heavy (non-hydrogen) atoms. The summed E-state index contributed by atoms with van der Waals surface area (Å²) in [6.07, 6.45) is 0. The van der Waals surface area contributed by atoms with Crippen molar-refractivity contribution in [3.63, 3.8) is 0 Å². The predicted octanol–water partition coefficient (Wildman–Crippen LogP) is 1.03. The number of ether oxygens (including phenoxy) is 1. The molecule has 0 heterocycles. The van der Waals surface area contributed by atoms with E-state index in [2.05, 4.69) is 20.7 Å². The lowest BCUT2D eigenvalue weighted by atomic mass is 9.95. The van der Waals surface area contributed by atoms with Crippen molar-refractivity contribution in [3.05, 3.63) is 28.2 Å². The lowest BCUT2D eigenvalue weighted by Crippen LogP contribution is -2.07. The van der Waals surface area contributed by atoms with Crippen molar-refractivity contribution in [3.8, 4) is 0 Å². The highest BCUT2D eigenvalue weighted by molar-refractivity contribution is 9.10. The van der Waals surface area contributed by atoms with Gasteiger partial charge in [0.2, 0.25) is 0 Å². The summed E-state index contributed by atoms with van der Waals surface area (Å²) in [5, 5.41) is 0. The van der Waals surface area contributed by atoms with Crippen molar-refractivity contribution in [1.82, 2.24) is 0 Å². The number of carbonyl (C=O) groups is 1. The van der Waals surface area contributed by atoms with Crippen LogP contribution in [-0.2, 0) is 4.74 Å². The maximum absolute atomic E-state index is 11.1. The minimum absolute atomic E-state index is 0.373. The molecule has 0 aliphatic rings. The van der Waals surface area contributed by atoms with E-state index >= 15 is 0 Å². The van der Waals surface area contributed by atoms with Gasteiger partial charge in [-0.25, -0.2) is 4.79 Å². The first-order valence-electron chi connectivity index (χ1n) is 3.28. The molecule has 0 N–H and O–H groups in total. The number of rotatable bonds is 1. The Morgan fingerprint density at radius 3 is 2.75 bits per heavy atom. The minimum atomic E-state index is -0.373. The van der Waals surface area contributed by atoms with Crippen LogP contribution in [0.4, 0.5) is 0 Å². The summed E-state index contributed by atoms with van der Waals surface area (Å²) < 4.78 is 5.19. The highest BCUT2D eigenvalue weighted by Gasteiger charge is 2.08. The predicted molar refractivity (Wildman–Crippen MR) is 50.9 cm³/mol. The van der Waals surface area contributed by atoms with Gasteiger partial charge in [-0.2, -0.15) is 0 Å². The summed E-state index contributed by atoms with van der Waals surface area (Å²) in [5.41, 5.74) is 1.08. The molecular formula is C8H6BBrO2. The van der Waals surface area contributed by atoms with Crippen molar-refractivity contribution in [1.29, 1.82) is 0 Å². The second kappa shape index (κ2) is 3.76. The summed E-state index contributed by atoms with van der Waals surface area (Å²) in [6, 6.07) is 4.93. The maximum atomic E-state index is 11.1. The third-order valence-electron chi connectivity index (χ3n) is 1.40. The van der Waals surface area contributed by atoms with Crippen LogP contribution in [0, 0.1) is 0 Å². The van der Waals surface area contributed by atoms with Crippen LogP contribution < -0.4 is 5.46 Å². The van der Waals surface area contributed by atoms with E-state index in [1.807, 2.05) is 0 Å². The first-order valence-corrected chi connectivity index (χ1v) is 4.08. The van der Waals surface area contributed by atoms with Crippen LogP contribution in [0.5, 0.6) is 0 Å². The molecule has 60 valence electrons. The third kappa shape index (κ3) is 1.88. The number of carbonyl (C=O) groups excluding carboxylic acids is 1. The lowest BCUT2D eigenvalue weighted by Gasteiger charge is -2.02. The van der Waals surface area contributed by atoms with Gasteiger partial charge in [-0.3, -0.25) is 0 Å². The molecule has 2 radical (unpaired) electrons. The van der Waals surface area contributed by atoms with Crippen LogP contribution in [0.15, 0.2) is 22.7 Å². The van der Waals surface area contributed by atoms with Crippen molar-refractivity contribution in [2.24, 2.45) is 0 Å². The van der Waals surface area contributed by atoms with Crippen LogP contribution in [0.25, 0.3) is 0 Å². The van der Waals surface area contributed by atoms with E-state index in [-0.39, 0.29) is 5.97 Å².